The molecule has 1 amide bonds. The van der Waals surface area contributed by atoms with Gasteiger partial charge in [0.05, 0.1) is 11.0 Å². The van der Waals surface area contributed by atoms with E-state index in [9.17, 15) is 9.59 Å². The molecule has 0 saturated carbocycles. The summed E-state index contributed by atoms with van der Waals surface area (Å²) < 4.78 is 8.66. The normalized spacial score (nSPS) is 11.4. The van der Waals surface area contributed by atoms with Gasteiger partial charge in [-0.05, 0) is 60.7 Å². The summed E-state index contributed by atoms with van der Waals surface area (Å²) >= 11 is 0. The highest BCUT2D eigenvalue weighted by molar-refractivity contribution is 5.92. The number of aryl methyl sites for hydroxylation is 2. The van der Waals surface area contributed by atoms with Gasteiger partial charge >= 0.3 is 5.69 Å². The van der Waals surface area contributed by atoms with Crippen LogP contribution in [0.5, 0.6) is 11.6 Å². The van der Waals surface area contributed by atoms with E-state index >= 15 is 0 Å². The van der Waals surface area contributed by atoms with E-state index < -0.39 is 5.69 Å². The molecule has 2 heterocycles. The third-order valence-electron chi connectivity index (χ3n) is 6.18. The molecule has 0 aliphatic heterocycles. The van der Waals surface area contributed by atoms with Crippen molar-refractivity contribution < 1.29 is 9.53 Å². The van der Waals surface area contributed by atoms with E-state index in [-0.39, 0.29) is 24.0 Å². The summed E-state index contributed by atoms with van der Waals surface area (Å²) in [7, 11) is 0. The van der Waals surface area contributed by atoms with Crippen LogP contribution < -0.4 is 15.7 Å². The lowest BCUT2D eigenvalue weighted by molar-refractivity contribution is -0.117. The minimum atomic E-state index is -0.444. The molecule has 1 N–H and O–H groups in total. The fraction of sp³-hybridized carbons (Fsp3) is 0.214. The topological polar surface area (TPSA) is 90.5 Å². The van der Waals surface area contributed by atoms with Crippen LogP contribution in [0.2, 0.25) is 0 Å². The number of ether oxygens (including phenoxy) is 1. The van der Waals surface area contributed by atoms with Crippen molar-refractivity contribution in [1.82, 2.24) is 19.2 Å². The molecule has 0 aliphatic carbocycles. The van der Waals surface area contributed by atoms with E-state index in [2.05, 4.69) is 29.2 Å². The molecule has 0 unspecified atom stereocenters. The molecule has 0 fully saturated rings. The van der Waals surface area contributed by atoms with E-state index in [1.54, 1.807) is 12.1 Å². The minimum absolute atomic E-state index is 0.192. The molecule has 5 aromatic rings. The van der Waals surface area contributed by atoms with Crippen LogP contribution in [0, 0.1) is 13.8 Å². The molecule has 182 valence electrons. The van der Waals surface area contributed by atoms with Crippen LogP contribution in [-0.2, 0) is 11.3 Å². The predicted octanol–water partition coefficient (Wildman–Crippen LogP) is 5.22. The summed E-state index contributed by atoms with van der Waals surface area (Å²) in [6.07, 6.45) is 0. The Morgan fingerprint density at radius 1 is 0.972 bits per heavy atom. The van der Waals surface area contributed by atoms with Gasteiger partial charge in [0.1, 0.15) is 12.3 Å². The number of carbonyl (C=O) groups excluding carboxylic acids is 1. The molecular formula is C28H27N5O3. The first-order chi connectivity index (χ1) is 17.3. The third kappa shape index (κ3) is 4.33. The molecule has 0 radical (unpaired) electrons. The number of para-hydroxylation sites is 3. The van der Waals surface area contributed by atoms with Gasteiger partial charge in [0.2, 0.25) is 11.6 Å². The van der Waals surface area contributed by atoms with Gasteiger partial charge in [0.25, 0.3) is 5.88 Å². The number of rotatable bonds is 6. The van der Waals surface area contributed by atoms with Gasteiger partial charge in [-0.25, -0.2) is 18.9 Å². The summed E-state index contributed by atoms with van der Waals surface area (Å²) in [5.74, 6) is 0.825. The summed E-state index contributed by atoms with van der Waals surface area (Å²) in [5, 5.41) is 7.36. The maximum atomic E-state index is 13.4. The number of nitrogens with one attached hydrogen (secondary N) is 1. The molecule has 0 aliphatic rings. The van der Waals surface area contributed by atoms with Crippen molar-refractivity contribution in [3.63, 3.8) is 0 Å². The lowest BCUT2D eigenvalue weighted by atomic mass is 10.0. The Bertz CT molecular complexity index is 1630. The van der Waals surface area contributed by atoms with Crippen LogP contribution >= 0.6 is 0 Å². The van der Waals surface area contributed by atoms with Crippen LogP contribution in [-0.4, -0.2) is 25.1 Å². The number of fused-ring (bicyclic) bond motifs is 3. The monoisotopic (exact) mass is 481 g/mol. The SMILES string of the molecule is Cc1cccc(C)c1NC(=O)Cn1nc2c(Oc3ccc(C(C)C)cc3)nc3ccccc3n2c1=O. The summed E-state index contributed by atoms with van der Waals surface area (Å²) in [4.78, 5) is 30.9. The minimum Gasteiger partial charge on any atom is -0.436 e. The quantitative estimate of drug-likeness (QED) is 0.359. The standard InChI is InChI=1S/C28H27N5O3/c1-17(2)20-12-14-21(15-13-20)36-27-26-31-32(16-24(34)30-25-18(3)8-7-9-19(25)4)28(35)33(26)23-11-6-5-10-22(23)29-27/h5-15,17H,16H2,1-4H3,(H,30,34). The van der Waals surface area contributed by atoms with Crippen molar-refractivity contribution in [2.45, 2.75) is 40.2 Å². The van der Waals surface area contributed by atoms with Gasteiger partial charge in [-0.1, -0.05) is 56.3 Å². The second-order valence-corrected chi connectivity index (χ2v) is 9.15. The molecular weight excluding hydrogens is 454 g/mol. The average molecular weight is 482 g/mol. The van der Waals surface area contributed by atoms with Crippen LogP contribution in [0.25, 0.3) is 16.7 Å². The lowest BCUT2D eigenvalue weighted by Crippen LogP contribution is -2.28. The molecule has 0 saturated heterocycles. The van der Waals surface area contributed by atoms with Crippen molar-refractivity contribution >= 4 is 28.3 Å². The van der Waals surface area contributed by atoms with Gasteiger partial charge in [-0.2, -0.15) is 0 Å². The Balaban J connectivity index is 1.54. The van der Waals surface area contributed by atoms with Crippen LogP contribution in [0.4, 0.5) is 5.69 Å². The first-order valence-electron chi connectivity index (χ1n) is 11.8. The Labute approximate surface area is 208 Å². The zero-order valence-corrected chi connectivity index (χ0v) is 20.6. The van der Waals surface area contributed by atoms with Gasteiger partial charge in [-0.15, -0.1) is 5.10 Å². The first-order valence-corrected chi connectivity index (χ1v) is 11.8. The highest BCUT2D eigenvalue weighted by atomic mass is 16.5. The second-order valence-electron chi connectivity index (χ2n) is 9.15. The maximum Gasteiger partial charge on any atom is 0.351 e. The van der Waals surface area contributed by atoms with Crippen molar-refractivity contribution in [3.05, 3.63) is 93.9 Å². The Morgan fingerprint density at radius 2 is 1.67 bits per heavy atom. The number of hydrogen-bond donors (Lipinski definition) is 1. The molecule has 2 aromatic heterocycles. The summed E-state index contributed by atoms with van der Waals surface area (Å²) in [5.41, 5.74) is 4.78. The largest absolute Gasteiger partial charge is 0.436 e. The predicted molar refractivity (Wildman–Crippen MR) is 140 cm³/mol. The number of nitrogens with zero attached hydrogens (tertiary/aromatic N) is 4. The number of benzene rings is 3. The number of aromatic nitrogens is 4. The zero-order chi connectivity index (χ0) is 25.4. The molecule has 36 heavy (non-hydrogen) atoms. The second kappa shape index (κ2) is 9.30. The van der Waals surface area contributed by atoms with Crippen LogP contribution in [0.15, 0.2) is 71.5 Å². The lowest BCUT2D eigenvalue weighted by Gasteiger charge is -2.11. The maximum absolute atomic E-state index is 13.4. The van der Waals surface area contributed by atoms with Crippen molar-refractivity contribution in [1.29, 1.82) is 0 Å². The van der Waals surface area contributed by atoms with Gasteiger partial charge in [-0.3, -0.25) is 4.79 Å². The summed E-state index contributed by atoms with van der Waals surface area (Å²) in [6.45, 7) is 7.86. The fourth-order valence-corrected chi connectivity index (χ4v) is 4.20. The van der Waals surface area contributed by atoms with Crippen molar-refractivity contribution in [3.8, 4) is 11.6 Å². The van der Waals surface area contributed by atoms with Gasteiger partial charge < -0.3 is 10.1 Å². The molecule has 0 spiro atoms. The Morgan fingerprint density at radius 3 is 2.36 bits per heavy atom. The highest BCUT2D eigenvalue weighted by Gasteiger charge is 2.19. The van der Waals surface area contributed by atoms with Crippen LogP contribution in [0.1, 0.15) is 36.5 Å². The average Bonchev–Trinajstić information content (AvgIpc) is 3.18. The van der Waals surface area contributed by atoms with Crippen molar-refractivity contribution in [2.75, 3.05) is 5.32 Å². The zero-order valence-electron chi connectivity index (χ0n) is 20.6. The number of amides is 1. The molecule has 0 atom stereocenters. The molecule has 0 bridgehead atoms. The van der Waals surface area contributed by atoms with Crippen LogP contribution in [0.3, 0.4) is 0 Å². The smallest absolute Gasteiger partial charge is 0.351 e. The van der Waals surface area contributed by atoms with Crippen molar-refractivity contribution in [2.24, 2.45) is 0 Å². The number of hydrogen-bond acceptors (Lipinski definition) is 5. The summed E-state index contributed by atoms with van der Waals surface area (Å²) in [6, 6.07) is 20.8. The molecule has 5 rings (SSSR count). The Kier molecular flexibility index (Phi) is 6.01. The van der Waals surface area contributed by atoms with Gasteiger partial charge in [0.15, 0.2) is 0 Å². The van der Waals surface area contributed by atoms with E-state index in [0.29, 0.717) is 22.7 Å². The Hall–Kier alpha value is -4.46. The molecule has 3 aromatic carbocycles. The third-order valence-corrected chi connectivity index (χ3v) is 6.18. The highest BCUT2D eigenvalue weighted by Crippen LogP contribution is 2.27. The molecule has 8 nitrogen and oxygen atoms in total. The van der Waals surface area contributed by atoms with E-state index in [1.807, 2.05) is 68.4 Å². The van der Waals surface area contributed by atoms with E-state index in [1.165, 1.54) is 9.96 Å². The first kappa shape index (κ1) is 23.3. The number of carbonyl (C=O) groups is 1. The van der Waals surface area contributed by atoms with E-state index in [4.69, 9.17) is 4.74 Å². The van der Waals surface area contributed by atoms with E-state index in [0.717, 1.165) is 21.5 Å². The number of anilines is 1. The van der Waals surface area contributed by atoms with Gasteiger partial charge in [0, 0.05) is 5.69 Å². The molecule has 8 heteroatoms. The fourth-order valence-electron chi connectivity index (χ4n) is 4.20.